The number of carboxylic acids is 1. The predicted molar refractivity (Wildman–Crippen MR) is 84.6 cm³/mol. The molecule has 3 fully saturated rings. The van der Waals surface area contributed by atoms with Gasteiger partial charge in [0.25, 0.3) is 5.91 Å². The fourth-order valence-electron chi connectivity index (χ4n) is 4.54. The van der Waals surface area contributed by atoms with E-state index in [1.54, 1.807) is 17.2 Å². The van der Waals surface area contributed by atoms with Crippen LogP contribution in [0.4, 0.5) is 0 Å². The number of aromatic nitrogens is 2. The maximum Gasteiger partial charge on any atom is 0.311 e. The predicted octanol–water partition coefficient (Wildman–Crippen LogP) is 1.56. The highest BCUT2D eigenvalue weighted by atomic mass is 16.5. The third kappa shape index (κ3) is 2.33. The number of aliphatic carboxylic acids is 1. The third-order valence-electron chi connectivity index (χ3n) is 5.98. The average Bonchev–Trinajstić information content (AvgIpc) is 3.30. The molecule has 3 aliphatic rings. The van der Waals surface area contributed by atoms with Gasteiger partial charge >= 0.3 is 5.97 Å². The van der Waals surface area contributed by atoms with Crippen molar-refractivity contribution < 1.29 is 19.4 Å². The summed E-state index contributed by atoms with van der Waals surface area (Å²) in [7, 11) is 0. The van der Waals surface area contributed by atoms with Crippen LogP contribution in [0.1, 0.15) is 48.6 Å². The van der Waals surface area contributed by atoms with Gasteiger partial charge in [0.2, 0.25) is 0 Å². The van der Waals surface area contributed by atoms with Crippen LogP contribution >= 0.6 is 0 Å². The molecule has 4 rings (SSSR count). The second kappa shape index (κ2) is 5.88. The van der Waals surface area contributed by atoms with Gasteiger partial charge in [0.15, 0.2) is 0 Å². The Bertz CT molecular complexity index is 652. The molecule has 1 aromatic rings. The Morgan fingerprint density at radius 2 is 2.12 bits per heavy atom. The van der Waals surface area contributed by atoms with Gasteiger partial charge in [-0.3, -0.25) is 14.3 Å². The van der Waals surface area contributed by atoms with Gasteiger partial charge in [0.05, 0.1) is 18.1 Å². The quantitative estimate of drug-likeness (QED) is 0.907. The van der Waals surface area contributed by atoms with Gasteiger partial charge < -0.3 is 14.7 Å². The molecule has 1 aromatic heterocycles. The molecule has 0 bridgehead atoms. The van der Waals surface area contributed by atoms with Crippen molar-refractivity contribution in [2.24, 2.45) is 11.3 Å². The van der Waals surface area contributed by atoms with Crippen LogP contribution in [0.5, 0.6) is 0 Å². The summed E-state index contributed by atoms with van der Waals surface area (Å²) in [5.74, 6) is -1.04. The lowest BCUT2D eigenvalue weighted by Gasteiger charge is -2.33. The summed E-state index contributed by atoms with van der Waals surface area (Å²) in [6.07, 6.45) is 6.59. The number of hydrogen-bond acceptors (Lipinski definition) is 4. The van der Waals surface area contributed by atoms with Crippen LogP contribution in [0.3, 0.4) is 0 Å². The molecule has 1 N–H and O–H groups in total. The highest BCUT2D eigenvalue weighted by Gasteiger charge is 2.55. The van der Waals surface area contributed by atoms with E-state index in [0.717, 1.165) is 12.8 Å². The van der Waals surface area contributed by atoms with E-state index in [2.05, 4.69) is 5.10 Å². The first kappa shape index (κ1) is 15.6. The van der Waals surface area contributed by atoms with E-state index in [4.69, 9.17) is 4.74 Å². The van der Waals surface area contributed by atoms with Crippen molar-refractivity contribution in [3.8, 4) is 0 Å². The van der Waals surface area contributed by atoms with Gasteiger partial charge in [0.1, 0.15) is 5.69 Å². The standard InChI is InChI=1S/C17H23N3O4/c21-15(14-5-7-18-20(14)13-3-1-2-4-13)19-9-12-10-24-8-6-17(12,11-19)16(22)23/h5,7,12-13H,1-4,6,8-11H2,(H,22,23)/t12-,17+/m0/s1. The molecular formula is C17H23N3O4. The van der Waals surface area contributed by atoms with Gasteiger partial charge in [-0.2, -0.15) is 5.10 Å². The summed E-state index contributed by atoms with van der Waals surface area (Å²) in [4.78, 5) is 26.6. The maximum atomic E-state index is 13.0. The molecule has 0 aromatic carbocycles. The number of nitrogens with zero attached hydrogens (tertiary/aromatic N) is 3. The minimum Gasteiger partial charge on any atom is -0.481 e. The molecule has 1 saturated carbocycles. The Morgan fingerprint density at radius 3 is 2.83 bits per heavy atom. The fourth-order valence-corrected chi connectivity index (χ4v) is 4.54. The summed E-state index contributed by atoms with van der Waals surface area (Å²) >= 11 is 0. The van der Waals surface area contributed by atoms with Crippen LogP contribution in [0.25, 0.3) is 0 Å². The SMILES string of the molecule is O=C(c1ccnn1C1CCCC1)N1C[C@H]2COCC[C@@]2(C(=O)O)C1. The zero-order valence-corrected chi connectivity index (χ0v) is 13.7. The second-order valence-corrected chi connectivity index (χ2v) is 7.27. The first-order valence-corrected chi connectivity index (χ1v) is 8.76. The molecule has 0 radical (unpaired) electrons. The Labute approximate surface area is 140 Å². The average molecular weight is 333 g/mol. The molecular weight excluding hydrogens is 310 g/mol. The van der Waals surface area contributed by atoms with Crippen molar-refractivity contribution in [1.29, 1.82) is 0 Å². The van der Waals surface area contributed by atoms with E-state index >= 15 is 0 Å². The molecule has 24 heavy (non-hydrogen) atoms. The van der Waals surface area contributed by atoms with Crippen molar-refractivity contribution in [2.75, 3.05) is 26.3 Å². The summed E-state index contributed by atoms with van der Waals surface area (Å²) in [5.41, 5.74) is -0.270. The molecule has 3 heterocycles. The van der Waals surface area contributed by atoms with E-state index in [-0.39, 0.29) is 18.4 Å². The smallest absolute Gasteiger partial charge is 0.311 e. The summed E-state index contributed by atoms with van der Waals surface area (Å²) in [5, 5.41) is 14.1. The van der Waals surface area contributed by atoms with Crippen molar-refractivity contribution in [2.45, 2.75) is 38.1 Å². The van der Waals surface area contributed by atoms with Crippen LogP contribution in [-0.4, -0.2) is 58.0 Å². The highest BCUT2D eigenvalue weighted by molar-refractivity contribution is 5.93. The highest BCUT2D eigenvalue weighted by Crippen LogP contribution is 2.43. The van der Waals surface area contributed by atoms with Crippen molar-refractivity contribution in [3.63, 3.8) is 0 Å². The molecule has 0 spiro atoms. The molecule has 130 valence electrons. The first-order valence-electron chi connectivity index (χ1n) is 8.76. The van der Waals surface area contributed by atoms with E-state index in [1.807, 2.05) is 4.68 Å². The lowest BCUT2D eigenvalue weighted by molar-refractivity contribution is -0.157. The lowest BCUT2D eigenvalue weighted by Crippen LogP contribution is -2.45. The number of rotatable bonds is 3. The van der Waals surface area contributed by atoms with Gasteiger partial charge in [0, 0.05) is 31.8 Å². The number of carbonyl (C=O) groups excluding carboxylic acids is 1. The largest absolute Gasteiger partial charge is 0.481 e. The van der Waals surface area contributed by atoms with Gasteiger partial charge in [-0.15, -0.1) is 0 Å². The number of amides is 1. The number of carboxylic acid groups (broad SMARTS) is 1. The second-order valence-electron chi connectivity index (χ2n) is 7.27. The molecule has 2 aliphatic heterocycles. The normalized spacial score (nSPS) is 30.5. The van der Waals surface area contributed by atoms with Crippen LogP contribution in [-0.2, 0) is 9.53 Å². The Balaban J connectivity index is 1.58. The van der Waals surface area contributed by atoms with E-state index in [1.165, 1.54) is 12.8 Å². The monoisotopic (exact) mass is 333 g/mol. The number of hydrogen-bond donors (Lipinski definition) is 1. The zero-order valence-electron chi connectivity index (χ0n) is 13.7. The molecule has 0 unspecified atom stereocenters. The Morgan fingerprint density at radius 1 is 1.33 bits per heavy atom. The van der Waals surface area contributed by atoms with E-state index in [9.17, 15) is 14.7 Å². The van der Waals surface area contributed by atoms with Gasteiger partial charge in [-0.1, -0.05) is 12.8 Å². The van der Waals surface area contributed by atoms with E-state index in [0.29, 0.717) is 37.9 Å². The van der Waals surface area contributed by atoms with Crippen molar-refractivity contribution in [3.05, 3.63) is 18.0 Å². The topological polar surface area (TPSA) is 84.7 Å². The Hall–Kier alpha value is -1.89. The lowest BCUT2D eigenvalue weighted by atomic mass is 9.74. The Kier molecular flexibility index (Phi) is 3.83. The summed E-state index contributed by atoms with van der Waals surface area (Å²) in [6, 6.07) is 2.05. The van der Waals surface area contributed by atoms with Crippen LogP contribution < -0.4 is 0 Å². The summed E-state index contributed by atoms with van der Waals surface area (Å²) < 4.78 is 7.31. The molecule has 7 nitrogen and oxygen atoms in total. The van der Waals surface area contributed by atoms with Crippen molar-refractivity contribution in [1.82, 2.24) is 14.7 Å². The van der Waals surface area contributed by atoms with E-state index < -0.39 is 11.4 Å². The number of fused-ring (bicyclic) bond motifs is 1. The molecule has 1 amide bonds. The minimum atomic E-state index is -0.855. The summed E-state index contributed by atoms with van der Waals surface area (Å²) in [6.45, 7) is 1.58. The van der Waals surface area contributed by atoms with Gasteiger partial charge in [-0.05, 0) is 25.3 Å². The van der Waals surface area contributed by atoms with Gasteiger partial charge in [-0.25, -0.2) is 0 Å². The maximum absolute atomic E-state index is 13.0. The third-order valence-corrected chi connectivity index (χ3v) is 5.98. The van der Waals surface area contributed by atoms with Crippen molar-refractivity contribution >= 4 is 11.9 Å². The fraction of sp³-hybridized carbons (Fsp3) is 0.706. The molecule has 7 heteroatoms. The molecule has 1 aliphatic carbocycles. The zero-order chi connectivity index (χ0) is 16.7. The first-order chi connectivity index (χ1) is 11.6. The van der Waals surface area contributed by atoms with Crippen LogP contribution in [0, 0.1) is 11.3 Å². The molecule has 2 atom stereocenters. The van der Waals surface area contributed by atoms with Crippen LogP contribution in [0.2, 0.25) is 0 Å². The van der Waals surface area contributed by atoms with Crippen LogP contribution in [0.15, 0.2) is 12.3 Å². The number of ether oxygens (including phenoxy) is 1. The molecule has 2 saturated heterocycles. The number of carbonyl (C=O) groups is 2. The number of likely N-dealkylation sites (tertiary alicyclic amines) is 1. The minimum absolute atomic E-state index is 0.102.